The molecule has 2 amide bonds. The fraction of sp³-hybridized carbons (Fsp3) is 0.125. The Labute approximate surface area is 142 Å². The van der Waals surface area contributed by atoms with E-state index < -0.39 is 0 Å². The maximum Gasteiger partial charge on any atom is 0.257 e. The van der Waals surface area contributed by atoms with E-state index >= 15 is 0 Å². The summed E-state index contributed by atoms with van der Waals surface area (Å²) in [4.78, 5) is 23.9. The molecule has 0 aliphatic carbocycles. The lowest BCUT2D eigenvalue weighted by Crippen LogP contribution is -2.45. The normalized spacial score (nSPS) is 9.91. The second-order valence-electron chi connectivity index (χ2n) is 4.59. The van der Waals surface area contributed by atoms with Crippen LogP contribution in [-0.2, 0) is 4.79 Å². The Bertz CT molecular complexity index is 661. The Morgan fingerprint density at radius 3 is 2.36 bits per heavy atom. The molecule has 2 rings (SSSR count). The van der Waals surface area contributed by atoms with Gasteiger partial charge in [0.1, 0.15) is 0 Å². The molecule has 0 aliphatic rings. The molecule has 0 atom stereocenters. The zero-order valence-electron chi connectivity index (χ0n) is 12.0. The third-order valence-corrected chi connectivity index (χ3v) is 3.90. The molecule has 5 nitrogen and oxygen atoms in total. The van der Waals surface area contributed by atoms with E-state index in [1.807, 2.05) is 42.5 Å². The SMILES string of the molecule is CN(NC(=O)CNC(=O)c1ccccc1I)c1ccccc1. The molecular weight excluding hydrogens is 393 g/mol. The Balaban J connectivity index is 1.85. The summed E-state index contributed by atoms with van der Waals surface area (Å²) in [5, 5.41) is 4.23. The summed E-state index contributed by atoms with van der Waals surface area (Å²) in [6.07, 6.45) is 0. The van der Waals surface area contributed by atoms with E-state index in [0.717, 1.165) is 9.26 Å². The van der Waals surface area contributed by atoms with Gasteiger partial charge in [-0.1, -0.05) is 30.3 Å². The Hall–Kier alpha value is -2.09. The topological polar surface area (TPSA) is 61.4 Å². The highest BCUT2D eigenvalue weighted by molar-refractivity contribution is 14.1. The number of anilines is 1. The van der Waals surface area contributed by atoms with Gasteiger partial charge in [0, 0.05) is 10.6 Å². The van der Waals surface area contributed by atoms with Gasteiger partial charge in [-0.05, 0) is 46.9 Å². The summed E-state index contributed by atoms with van der Waals surface area (Å²) < 4.78 is 0.847. The number of amides is 2. The van der Waals surface area contributed by atoms with Crippen molar-refractivity contribution in [3.63, 3.8) is 0 Å². The Morgan fingerprint density at radius 2 is 1.68 bits per heavy atom. The average molecular weight is 409 g/mol. The highest BCUT2D eigenvalue weighted by atomic mass is 127. The first kappa shape index (κ1) is 16.3. The van der Waals surface area contributed by atoms with Crippen LogP contribution in [0.3, 0.4) is 0 Å². The first-order chi connectivity index (χ1) is 10.6. The molecule has 0 saturated carbocycles. The van der Waals surface area contributed by atoms with Crippen molar-refractivity contribution in [2.45, 2.75) is 0 Å². The molecule has 0 heterocycles. The minimum atomic E-state index is -0.286. The van der Waals surface area contributed by atoms with Gasteiger partial charge in [-0.25, -0.2) is 0 Å². The van der Waals surface area contributed by atoms with Gasteiger partial charge >= 0.3 is 0 Å². The van der Waals surface area contributed by atoms with Crippen LogP contribution in [0.4, 0.5) is 5.69 Å². The zero-order chi connectivity index (χ0) is 15.9. The van der Waals surface area contributed by atoms with Gasteiger partial charge in [0.2, 0.25) is 0 Å². The molecule has 114 valence electrons. The minimum absolute atomic E-state index is 0.0824. The van der Waals surface area contributed by atoms with Crippen LogP contribution < -0.4 is 15.8 Å². The smallest absolute Gasteiger partial charge is 0.257 e. The molecule has 2 aromatic carbocycles. The van der Waals surface area contributed by atoms with E-state index in [2.05, 4.69) is 33.3 Å². The molecule has 0 fully saturated rings. The summed E-state index contributed by atoms with van der Waals surface area (Å²) in [5.41, 5.74) is 4.12. The van der Waals surface area contributed by atoms with Crippen molar-refractivity contribution in [2.75, 3.05) is 18.6 Å². The highest BCUT2D eigenvalue weighted by Crippen LogP contribution is 2.11. The molecule has 0 aliphatic heterocycles. The van der Waals surface area contributed by atoms with E-state index in [-0.39, 0.29) is 18.4 Å². The zero-order valence-corrected chi connectivity index (χ0v) is 14.2. The molecule has 6 heteroatoms. The summed E-state index contributed by atoms with van der Waals surface area (Å²) >= 11 is 2.09. The van der Waals surface area contributed by atoms with E-state index in [9.17, 15) is 9.59 Å². The van der Waals surface area contributed by atoms with Gasteiger partial charge in [0.05, 0.1) is 17.8 Å². The monoisotopic (exact) mass is 409 g/mol. The van der Waals surface area contributed by atoms with E-state index in [1.54, 1.807) is 24.2 Å². The summed E-state index contributed by atoms with van der Waals surface area (Å²) in [7, 11) is 1.75. The van der Waals surface area contributed by atoms with Crippen LogP contribution in [-0.4, -0.2) is 25.4 Å². The predicted octanol–water partition coefficient (Wildman–Crippen LogP) is 2.19. The molecular formula is C16H16IN3O2. The molecule has 0 radical (unpaired) electrons. The van der Waals surface area contributed by atoms with Gasteiger partial charge in [0.15, 0.2) is 0 Å². The number of nitrogens with one attached hydrogen (secondary N) is 2. The Kier molecular flexibility index (Phi) is 5.76. The first-order valence-electron chi connectivity index (χ1n) is 6.69. The van der Waals surface area contributed by atoms with Crippen molar-refractivity contribution >= 4 is 40.1 Å². The summed E-state index contributed by atoms with van der Waals surface area (Å²) in [5.74, 6) is -0.548. The number of hydrogen-bond donors (Lipinski definition) is 2. The number of hydrazine groups is 1. The van der Waals surface area contributed by atoms with Gasteiger partial charge in [-0.2, -0.15) is 0 Å². The lowest BCUT2D eigenvalue weighted by atomic mass is 10.2. The predicted molar refractivity (Wildman–Crippen MR) is 94.5 cm³/mol. The van der Waals surface area contributed by atoms with Crippen molar-refractivity contribution in [3.05, 3.63) is 63.7 Å². The van der Waals surface area contributed by atoms with Crippen molar-refractivity contribution in [3.8, 4) is 0 Å². The molecule has 2 aromatic rings. The quantitative estimate of drug-likeness (QED) is 0.588. The third kappa shape index (κ3) is 4.45. The van der Waals surface area contributed by atoms with Crippen LogP contribution in [0, 0.1) is 3.57 Å². The van der Waals surface area contributed by atoms with E-state index in [4.69, 9.17) is 0 Å². The van der Waals surface area contributed by atoms with E-state index in [0.29, 0.717) is 5.56 Å². The molecule has 2 N–H and O–H groups in total. The number of para-hydroxylation sites is 1. The fourth-order valence-corrected chi connectivity index (χ4v) is 2.48. The maximum atomic E-state index is 12.0. The molecule has 0 spiro atoms. The molecule has 0 saturated heterocycles. The van der Waals surface area contributed by atoms with Gasteiger partial charge in [-0.3, -0.25) is 20.0 Å². The summed E-state index contributed by atoms with van der Waals surface area (Å²) in [6.45, 7) is -0.0824. The van der Waals surface area contributed by atoms with Gasteiger partial charge < -0.3 is 5.32 Å². The molecule has 22 heavy (non-hydrogen) atoms. The van der Waals surface area contributed by atoms with Crippen molar-refractivity contribution in [1.29, 1.82) is 0 Å². The second kappa shape index (κ2) is 7.79. The largest absolute Gasteiger partial charge is 0.343 e. The van der Waals surface area contributed by atoms with E-state index in [1.165, 1.54) is 0 Å². The number of rotatable bonds is 5. The lowest BCUT2D eigenvalue weighted by Gasteiger charge is -2.20. The first-order valence-corrected chi connectivity index (χ1v) is 7.77. The van der Waals surface area contributed by atoms with Crippen LogP contribution >= 0.6 is 22.6 Å². The minimum Gasteiger partial charge on any atom is -0.343 e. The van der Waals surface area contributed by atoms with Gasteiger partial charge in [0.25, 0.3) is 11.8 Å². The number of nitrogens with zero attached hydrogens (tertiary/aromatic N) is 1. The number of halogens is 1. The van der Waals surface area contributed by atoms with Gasteiger partial charge in [-0.15, -0.1) is 0 Å². The standard InChI is InChI=1S/C16H16IN3O2/c1-20(12-7-3-2-4-8-12)19-15(21)11-18-16(22)13-9-5-6-10-14(13)17/h2-10H,11H2,1H3,(H,18,22)(H,19,21). The fourth-order valence-electron chi connectivity index (χ4n) is 1.84. The van der Waals surface area contributed by atoms with Crippen LogP contribution in [0.15, 0.2) is 54.6 Å². The molecule has 0 bridgehead atoms. The van der Waals surface area contributed by atoms with Crippen LogP contribution in [0.1, 0.15) is 10.4 Å². The molecule has 0 aromatic heterocycles. The second-order valence-corrected chi connectivity index (χ2v) is 5.75. The van der Waals surface area contributed by atoms with Crippen molar-refractivity contribution < 1.29 is 9.59 Å². The lowest BCUT2D eigenvalue weighted by molar-refractivity contribution is -0.120. The highest BCUT2D eigenvalue weighted by Gasteiger charge is 2.11. The third-order valence-electron chi connectivity index (χ3n) is 2.96. The van der Waals surface area contributed by atoms with Crippen LogP contribution in [0.2, 0.25) is 0 Å². The summed E-state index contributed by atoms with van der Waals surface area (Å²) in [6, 6.07) is 16.7. The Morgan fingerprint density at radius 1 is 1.05 bits per heavy atom. The van der Waals surface area contributed by atoms with Crippen LogP contribution in [0.25, 0.3) is 0 Å². The maximum absolute atomic E-state index is 12.0. The average Bonchev–Trinajstić information content (AvgIpc) is 2.54. The molecule has 0 unspecified atom stereocenters. The number of carbonyl (C=O) groups excluding carboxylic acids is 2. The van der Waals surface area contributed by atoms with Crippen molar-refractivity contribution in [1.82, 2.24) is 10.7 Å². The number of hydrogen-bond acceptors (Lipinski definition) is 3. The van der Waals surface area contributed by atoms with Crippen LogP contribution in [0.5, 0.6) is 0 Å². The number of benzene rings is 2. The number of carbonyl (C=O) groups is 2. The van der Waals surface area contributed by atoms with Crippen molar-refractivity contribution in [2.24, 2.45) is 0 Å².